The van der Waals surface area contributed by atoms with Crippen LogP contribution >= 0.6 is 0 Å². The van der Waals surface area contributed by atoms with Crippen molar-refractivity contribution in [2.45, 2.75) is 50.5 Å². The van der Waals surface area contributed by atoms with Gasteiger partial charge in [0.05, 0.1) is 6.04 Å². The molecular weight excluding hydrogens is 172 g/mol. The van der Waals surface area contributed by atoms with Gasteiger partial charge >= 0.3 is 0 Å². The van der Waals surface area contributed by atoms with E-state index >= 15 is 0 Å². The summed E-state index contributed by atoms with van der Waals surface area (Å²) in [5.41, 5.74) is 0. The Kier molecular flexibility index (Phi) is 2.54. The highest BCUT2D eigenvalue weighted by Gasteiger charge is 2.47. The maximum Gasteiger partial charge on any atom is 0.264 e. The number of nitrogens with one attached hydrogen (secondary N) is 1. The van der Waals surface area contributed by atoms with Gasteiger partial charge in [0, 0.05) is 13.0 Å². The van der Waals surface area contributed by atoms with Crippen molar-refractivity contribution < 1.29 is 8.78 Å². The summed E-state index contributed by atoms with van der Waals surface area (Å²) in [6, 6.07) is -0.521. The third-order valence-electron chi connectivity index (χ3n) is 3.40. The SMILES string of the molecule is FC1(F)CCNC1C1CCCCC1. The van der Waals surface area contributed by atoms with Crippen LogP contribution in [0.15, 0.2) is 0 Å². The van der Waals surface area contributed by atoms with Crippen LogP contribution in [0, 0.1) is 5.92 Å². The highest BCUT2D eigenvalue weighted by Crippen LogP contribution is 2.38. The molecule has 2 aliphatic rings. The molecule has 1 aliphatic heterocycles. The minimum atomic E-state index is -2.44. The molecule has 1 nitrogen and oxygen atoms in total. The van der Waals surface area contributed by atoms with Gasteiger partial charge in [0.15, 0.2) is 0 Å². The lowest BCUT2D eigenvalue weighted by molar-refractivity contribution is -0.0338. The fourth-order valence-corrected chi connectivity index (χ4v) is 2.68. The molecule has 2 rings (SSSR count). The number of hydrogen-bond donors (Lipinski definition) is 1. The van der Waals surface area contributed by atoms with E-state index in [-0.39, 0.29) is 12.3 Å². The number of hydrogen-bond acceptors (Lipinski definition) is 1. The zero-order chi connectivity index (χ0) is 9.31. The molecule has 0 aromatic carbocycles. The van der Waals surface area contributed by atoms with Crippen LogP contribution < -0.4 is 5.32 Å². The van der Waals surface area contributed by atoms with Gasteiger partial charge in [-0.15, -0.1) is 0 Å². The van der Waals surface area contributed by atoms with E-state index in [1.165, 1.54) is 6.42 Å². The summed E-state index contributed by atoms with van der Waals surface area (Å²) >= 11 is 0. The fraction of sp³-hybridized carbons (Fsp3) is 1.00. The molecule has 1 N–H and O–H groups in total. The van der Waals surface area contributed by atoms with Gasteiger partial charge < -0.3 is 5.32 Å². The summed E-state index contributed by atoms with van der Waals surface area (Å²) < 4.78 is 26.7. The van der Waals surface area contributed by atoms with Crippen LogP contribution in [0.4, 0.5) is 8.78 Å². The third kappa shape index (κ3) is 1.85. The molecule has 3 heteroatoms. The summed E-state index contributed by atoms with van der Waals surface area (Å²) in [6.07, 6.45) is 5.53. The van der Waals surface area contributed by atoms with Crippen LogP contribution in [-0.4, -0.2) is 18.5 Å². The molecule has 1 aliphatic carbocycles. The number of rotatable bonds is 1. The molecule has 13 heavy (non-hydrogen) atoms. The first kappa shape index (κ1) is 9.38. The number of halogens is 2. The van der Waals surface area contributed by atoms with Gasteiger partial charge in [-0.1, -0.05) is 19.3 Å². The predicted molar refractivity (Wildman–Crippen MR) is 47.9 cm³/mol. The normalized spacial score (nSPS) is 35.1. The summed E-state index contributed by atoms with van der Waals surface area (Å²) in [7, 11) is 0. The molecule has 2 fully saturated rings. The smallest absolute Gasteiger partial charge is 0.264 e. The Morgan fingerprint density at radius 3 is 2.31 bits per heavy atom. The average molecular weight is 189 g/mol. The van der Waals surface area contributed by atoms with Crippen LogP contribution in [0.5, 0.6) is 0 Å². The highest BCUT2D eigenvalue weighted by molar-refractivity contribution is 4.95. The van der Waals surface area contributed by atoms with Crippen LogP contribution in [0.25, 0.3) is 0 Å². The van der Waals surface area contributed by atoms with E-state index in [4.69, 9.17) is 0 Å². The summed E-state index contributed by atoms with van der Waals surface area (Å²) in [5, 5.41) is 2.97. The summed E-state index contributed by atoms with van der Waals surface area (Å²) in [5.74, 6) is -2.21. The Bertz CT molecular complexity index is 176. The molecule has 0 aromatic rings. The first-order chi connectivity index (χ1) is 6.20. The van der Waals surface area contributed by atoms with Crippen LogP contribution in [0.3, 0.4) is 0 Å². The molecular formula is C10H17F2N. The number of alkyl halides is 2. The van der Waals surface area contributed by atoms with E-state index in [1.54, 1.807) is 0 Å². The zero-order valence-electron chi connectivity index (χ0n) is 7.86. The standard InChI is InChI=1S/C10H17F2N/c11-10(12)6-7-13-9(10)8-4-2-1-3-5-8/h8-9,13H,1-7H2. The molecule has 0 amide bonds. The first-order valence-electron chi connectivity index (χ1n) is 5.31. The fourth-order valence-electron chi connectivity index (χ4n) is 2.68. The quantitative estimate of drug-likeness (QED) is 0.668. The lowest BCUT2D eigenvalue weighted by atomic mass is 9.82. The van der Waals surface area contributed by atoms with Gasteiger partial charge in [0.2, 0.25) is 0 Å². The Balaban J connectivity index is 1.98. The largest absolute Gasteiger partial charge is 0.308 e. The second kappa shape index (κ2) is 3.52. The Morgan fingerprint density at radius 1 is 1.08 bits per heavy atom. The van der Waals surface area contributed by atoms with Crippen molar-refractivity contribution in [3.05, 3.63) is 0 Å². The van der Waals surface area contributed by atoms with Crippen LogP contribution in [0.1, 0.15) is 38.5 Å². The van der Waals surface area contributed by atoms with E-state index < -0.39 is 12.0 Å². The van der Waals surface area contributed by atoms with Crippen molar-refractivity contribution in [2.24, 2.45) is 5.92 Å². The van der Waals surface area contributed by atoms with Gasteiger partial charge in [-0.3, -0.25) is 0 Å². The lowest BCUT2D eigenvalue weighted by Gasteiger charge is -2.31. The monoisotopic (exact) mass is 189 g/mol. The predicted octanol–water partition coefficient (Wildman–Crippen LogP) is 2.56. The third-order valence-corrected chi connectivity index (χ3v) is 3.40. The minimum Gasteiger partial charge on any atom is -0.308 e. The zero-order valence-corrected chi connectivity index (χ0v) is 7.86. The van der Waals surface area contributed by atoms with E-state index in [2.05, 4.69) is 5.32 Å². The molecule has 0 spiro atoms. The van der Waals surface area contributed by atoms with Gasteiger partial charge in [-0.25, -0.2) is 8.78 Å². The van der Waals surface area contributed by atoms with Crippen molar-refractivity contribution in [3.63, 3.8) is 0 Å². The molecule has 1 saturated heterocycles. The van der Waals surface area contributed by atoms with Crippen LogP contribution in [-0.2, 0) is 0 Å². The van der Waals surface area contributed by atoms with Crippen molar-refractivity contribution in [1.82, 2.24) is 5.32 Å². The second-order valence-electron chi connectivity index (χ2n) is 4.34. The molecule has 1 atom stereocenters. The van der Waals surface area contributed by atoms with Crippen molar-refractivity contribution >= 4 is 0 Å². The molecule has 1 unspecified atom stereocenters. The Morgan fingerprint density at radius 2 is 1.77 bits per heavy atom. The Hall–Kier alpha value is -0.180. The maximum atomic E-state index is 13.3. The minimum absolute atomic E-state index is 0.0359. The lowest BCUT2D eigenvalue weighted by Crippen LogP contribution is -2.42. The summed E-state index contributed by atoms with van der Waals surface area (Å²) in [6.45, 7) is 0.494. The van der Waals surface area contributed by atoms with Gasteiger partial charge in [0.1, 0.15) is 0 Å². The van der Waals surface area contributed by atoms with Crippen molar-refractivity contribution in [3.8, 4) is 0 Å². The van der Waals surface area contributed by atoms with Gasteiger partial charge in [-0.2, -0.15) is 0 Å². The molecule has 1 heterocycles. The van der Waals surface area contributed by atoms with Gasteiger partial charge in [-0.05, 0) is 18.8 Å². The van der Waals surface area contributed by atoms with Gasteiger partial charge in [0.25, 0.3) is 5.92 Å². The maximum absolute atomic E-state index is 13.3. The Labute approximate surface area is 77.9 Å². The molecule has 0 aromatic heterocycles. The highest BCUT2D eigenvalue weighted by atomic mass is 19.3. The van der Waals surface area contributed by atoms with Crippen molar-refractivity contribution in [1.29, 1.82) is 0 Å². The van der Waals surface area contributed by atoms with E-state index in [0.29, 0.717) is 6.54 Å². The molecule has 76 valence electrons. The molecule has 1 saturated carbocycles. The average Bonchev–Trinajstić information content (AvgIpc) is 2.47. The molecule has 0 bridgehead atoms. The van der Waals surface area contributed by atoms with E-state index in [9.17, 15) is 8.78 Å². The van der Waals surface area contributed by atoms with E-state index in [0.717, 1.165) is 25.7 Å². The first-order valence-corrected chi connectivity index (χ1v) is 5.31. The topological polar surface area (TPSA) is 12.0 Å². The van der Waals surface area contributed by atoms with Crippen LogP contribution in [0.2, 0.25) is 0 Å². The molecule has 0 radical (unpaired) electrons. The van der Waals surface area contributed by atoms with Crippen molar-refractivity contribution in [2.75, 3.05) is 6.54 Å². The van der Waals surface area contributed by atoms with E-state index in [1.807, 2.05) is 0 Å². The second-order valence-corrected chi connectivity index (χ2v) is 4.34. The summed E-state index contributed by atoms with van der Waals surface area (Å²) in [4.78, 5) is 0.